The second-order valence-electron chi connectivity index (χ2n) is 7.06. The van der Waals surface area contributed by atoms with E-state index in [9.17, 15) is 4.79 Å². The summed E-state index contributed by atoms with van der Waals surface area (Å²) in [6, 6.07) is 6.01. The van der Waals surface area contributed by atoms with Gasteiger partial charge in [-0.3, -0.25) is 4.79 Å². The Morgan fingerprint density at radius 1 is 1.41 bits per heavy atom. The zero-order chi connectivity index (χ0) is 15.2. The fourth-order valence-electron chi connectivity index (χ4n) is 3.84. The molecule has 0 bridgehead atoms. The van der Waals surface area contributed by atoms with Crippen molar-refractivity contribution in [2.45, 2.75) is 51.0 Å². The summed E-state index contributed by atoms with van der Waals surface area (Å²) in [6.07, 6.45) is 3.83. The van der Waals surface area contributed by atoms with Crippen LogP contribution in [0.3, 0.4) is 0 Å². The van der Waals surface area contributed by atoms with Crippen LogP contribution in [0.5, 0.6) is 0 Å². The van der Waals surface area contributed by atoms with Crippen LogP contribution in [0.15, 0.2) is 18.2 Å². The summed E-state index contributed by atoms with van der Waals surface area (Å²) in [5.41, 5.74) is 8.08. The SMILES string of the molecule is CC1(C)CN(C(=O)C[C@@H]2CCC[C@H]2N)c2cccc(Cl)c21.Cl. The van der Waals surface area contributed by atoms with Crippen molar-refractivity contribution >= 4 is 35.6 Å². The highest BCUT2D eigenvalue weighted by Gasteiger charge is 2.40. The first-order valence-electron chi connectivity index (χ1n) is 7.75. The lowest BCUT2D eigenvalue weighted by Gasteiger charge is -2.23. The second kappa shape index (κ2) is 6.38. The molecular weight excluding hydrogens is 319 g/mol. The van der Waals surface area contributed by atoms with Crippen molar-refractivity contribution in [1.82, 2.24) is 0 Å². The molecule has 0 saturated heterocycles. The maximum atomic E-state index is 12.7. The number of fused-ring (bicyclic) bond motifs is 1. The molecule has 1 fully saturated rings. The van der Waals surface area contributed by atoms with E-state index in [2.05, 4.69) is 13.8 Å². The Morgan fingerprint density at radius 2 is 2.14 bits per heavy atom. The molecule has 1 amide bonds. The van der Waals surface area contributed by atoms with Crippen LogP contribution in [-0.2, 0) is 10.2 Å². The molecule has 1 saturated carbocycles. The summed E-state index contributed by atoms with van der Waals surface area (Å²) in [7, 11) is 0. The van der Waals surface area contributed by atoms with Gasteiger partial charge in [-0.25, -0.2) is 0 Å². The number of hydrogen-bond acceptors (Lipinski definition) is 2. The molecule has 1 aliphatic carbocycles. The van der Waals surface area contributed by atoms with Crippen molar-refractivity contribution in [3.63, 3.8) is 0 Å². The van der Waals surface area contributed by atoms with Crippen molar-refractivity contribution in [3.8, 4) is 0 Å². The van der Waals surface area contributed by atoms with E-state index >= 15 is 0 Å². The van der Waals surface area contributed by atoms with Crippen LogP contribution >= 0.6 is 24.0 Å². The lowest BCUT2D eigenvalue weighted by Crippen LogP contribution is -2.37. The number of benzene rings is 1. The van der Waals surface area contributed by atoms with Crippen LogP contribution in [0.25, 0.3) is 0 Å². The van der Waals surface area contributed by atoms with E-state index in [1.165, 1.54) is 0 Å². The summed E-state index contributed by atoms with van der Waals surface area (Å²) in [5.74, 6) is 0.523. The van der Waals surface area contributed by atoms with Gasteiger partial charge in [0.15, 0.2) is 0 Å². The minimum atomic E-state index is -0.0961. The Kier molecular flexibility index (Phi) is 5.10. The van der Waals surface area contributed by atoms with E-state index in [1.807, 2.05) is 23.1 Å². The van der Waals surface area contributed by atoms with Gasteiger partial charge in [-0.05, 0) is 30.9 Å². The molecule has 0 unspecified atom stereocenters. The number of halogens is 2. The highest BCUT2D eigenvalue weighted by Crippen LogP contribution is 2.45. The Morgan fingerprint density at radius 3 is 2.77 bits per heavy atom. The van der Waals surface area contributed by atoms with Gasteiger partial charge in [0, 0.05) is 40.7 Å². The summed E-state index contributed by atoms with van der Waals surface area (Å²) < 4.78 is 0. The third kappa shape index (κ3) is 2.99. The quantitative estimate of drug-likeness (QED) is 0.885. The molecule has 22 heavy (non-hydrogen) atoms. The molecule has 3 rings (SSSR count). The molecule has 1 aromatic rings. The van der Waals surface area contributed by atoms with Crippen molar-refractivity contribution in [1.29, 1.82) is 0 Å². The van der Waals surface area contributed by atoms with Crippen molar-refractivity contribution in [2.75, 3.05) is 11.4 Å². The lowest BCUT2D eigenvalue weighted by molar-refractivity contribution is -0.119. The van der Waals surface area contributed by atoms with E-state index in [1.54, 1.807) is 0 Å². The van der Waals surface area contributed by atoms with Crippen LogP contribution in [0.1, 0.15) is 45.1 Å². The fraction of sp³-hybridized carbons (Fsp3) is 0.588. The molecule has 1 heterocycles. The molecule has 0 spiro atoms. The average molecular weight is 343 g/mol. The maximum Gasteiger partial charge on any atom is 0.227 e. The summed E-state index contributed by atoms with van der Waals surface area (Å²) in [6.45, 7) is 4.99. The van der Waals surface area contributed by atoms with E-state index < -0.39 is 0 Å². The van der Waals surface area contributed by atoms with E-state index in [0.717, 1.165) is 35.5 Å². The van der Waals surface area contributed by atoms with Crippen molar-refractivity contribution in [3.05, 3.63) is 28.8 Å². The first kappa shape index (κ1) is 17.6. The van der Waals surface area contributed by atoms with Crippen molar-refractivity contribution < 1.29 is 4.79 Å². The molecule has 2 atom stereocenters. The van der Waals surface area contributed by atoms with Gasteiger partial charge in [0.2, 0.25) is 5.91 Å². The summed E-state index contributed by atoms with van der Waals surface area (Å²) >= 11 is 6.36. The Bertz CT molecular complexity index is 574. The van der Waals surface area contributed by atoms with Gasteiger partial charge >= 0.3 is 0 Å². The monoisotopic (exact) mass is 342 g/mol. The molecule has 0 aromatic heterocycles. The van der Waals surface area contributed by atoms with Crippen LogP contribution in [0.2, 0.25) is 5.02 Å². The maximum absolute atomic E-state index is 12.7. The third-order valence-corrected chi connectivity index (χ3v) is 5.28. The zero-order valence-electron chi connectivity index (χ0n) is 13.1. The van der Waals surface area contributed by atoms with E-state index in [4.69, 9.17) is 17.3 Å². The Labute approximate surface area is 143 Å². The number of carbonyl (C=O) groups excluding carboxylic acids is 1. The molecule has 2 aliphatic rings. The normalized spacial score (nSPS) is 25.7. The number of nitrogens with two attached hydrogens (primary N) is 1. The van der Waals surface area contributed by atoms with Gasteiger partial charge in [0.1, 0.15) is 0 Å². The molecule has 122 valence electrons. The van der Waals surface area contributed by atoms with Gasteiger partial charge in [-0.15, -0.1) is 12.4 Å². The smallest absolute Gasteiger partial charge is 0.227 e. The number of nitrogens with zero attached hydrogens (tertiary/aromatic N) is 1. The van der Waals surface area contributed by atoms with Crippen LogP contribution in [0, 0.1) is 5.92 Å². The van der Waals surface area contributed by atoms with E-state index in [-0.39, 0.29) is 29.8 Å². The third-order valence-electron chi connectivity index (χ3n) is 4.97. The number of rotatable bonds is 2. The first-order chi connectivity index (χ1) is 9.90. The summed E-state index contributed by atoms with van der Waals surface area (Å²) in [4.78, 5) is 14.6. The minimum absolute atomic E-state index is 0. The number of anilines is 1. The Hall–Kier alpha value is -0.770. The van der Waals surface area contributed by atoms with Crippen LogP contribution < -0.4 is 10.6 Å². The molecule has 5 heteroatoms. The highest BCUT2D eigenvalue weighted by atomic mass is 35.5. The number of carbonyl (C=O) groups is 1. The predicted molar refractivity (Wildman–Crippen MR) is 94.0 cm³/mol. The molecule has 0 radical (unpaired) electrons. The molecule has 2 N–H and O–H groups in total. The topological polar surface area (TPSA) is 46.3 Å². The van der Waals surface area contributed by atoms with Gasteiger partial charge in [-0.2, -0.15) is 0 Å². The number of hydrogen-bond donors (Lipinski definition) is 1. The van der Waals surface area contributed by atoms with E-state index in [0.29, 0.717) is 18.9 Å². The average Bonchev–Trinajstić information content (AvgIpc) is 2.92. The van der Waals surface area contributed by atoms with Crippen molar-refractivity contribution in [2.24, 2.45) is 11.7 Å². The second-order valence-corrected chi connectivity index (χ2v) is 7.46. The minimum Gasteiger partial charge on any atom is -0.327 e. The van der Waals surface area contributed by atoms with Crippen LogP contribution in [-0.4, -0.2) is 18.5 Å². The highest BCUT2D eigenvalue weighted by molar-refractivity contribution is 6.32. The first-order valence-corrected chi connectivity index (χ1v) is 8.13. The van der Waals surface area contributed by atoms with Gasteiger partial charge in [0.25, 0.3) is 0 Å². The largest absolute Gasteiger partial charge is 0.327 e. The molecule has 3 nitrogen and oxygen atoms in total. The lowest BCUT2D eigenvalue weighted by atomic mass is 9.87. The molecule has 1 aromatic carbocycles. The van der Waals surface area contributed by atoms with Crippen LogP contribution in [0.4, 0.5) is 5.69 Å². The van der Waals surface area contributed by atoms with Gasteiger partial charge < -0.3 is 10.6 Å². The molecule has 1 aliphatic heterocycles. The Balaban J connectivity index is 0.00000176. The number of amides is 1. The molecular formula is C17H24Cl2N2O. The predicted octanol–water partition coefficient (Wildman–Crippen LogP) is 3.90. The zero-order valence-corrected chi connectivity index (χ0v) is 14.7. The van der Waals surface area contributed by atoms with Gasteiger partial charge in [-0.1, -0.05) is 37.9 Å². The standard InChI is InChI=1S/C17H23ClN2O.ClH/c1-17(2)10-20(14-8-4-6-12(18)16(14)17)15(21)9-11-5-3-7-13(11)19;/h4,6,8,11,13H,3,5,7,9-10,19H2,1-2H3;1H/t11-,13+;/m0./s1. The fourth-order valence-corrected chi connectivity index (χ4v) is 4.27. The van der Waals surface area contributed by atoms with Gasteiger partial charge in [0.05, 0.1) is 0 Å². The summed E-state index contributed by atoms with van der Waals surface area (Å²) in [5, 5.41) is 0.755.